The molecule has 4 heterocycles. The van der Waals surface area contributed by atoms with Crippen molar-refractivity contribution in [3.63, 3.8) is 0 Å². The first-order valence-corrected chi connectivity index (χ1v) is 20.4. The third-order valence-electron chi connectivity index (χ3n) is 12.6. The number of ketones is 2. The van der Waals surface area contributed by atoms with Gasteiger partial charge in [0.1, 0.15) is 42.5 Å². The lowest BCUT2D eigenvalue weighted by Crippen LogP contribution is -3.09. The van der Waals surface area contributed by atoms with E-state index in [1.54, 1.807) is 42.5 Å². The predicted molar refractivity (Wildman–Crippen MR) is 216 cm³/mol. The molecule has 3 aromatic carbocycles. The van der Waals surface area contributed by atoms with E-state index in [1.165, 1.54) is 24.5 Å². The molecule has 2 bridgehead atoms. The highest BCUT2D eigenvalue weighted by atomic mass is 16.7. The zero-order valence-electron chi connectivity index (χ0n) is 33.2. The zero-order valence-corrected chi connectivity index (χ0v) is 33.2. The van der Waals surface area contributed by atoms with Crippen molar-refractivity contribution >= 4 is 47.0 Å². The lowest BCUT2D eigenvalue weighted by atomic mass is 9.78. The summed E-state index contributed by atoms with van der Waals surface area (Å²) in [6.07, 6.45) is -3.49. The first-order valence-electron chi connectivity index (χ1n) is 20.4. The molecule has 2 fully saturated rings. The van der Waals surface area contributed by atoms with Crippen LogP contribution in [0.2, 0.25) is 0 Å². The second kappa shape index (κ2) is 16.0. The number of rotatable bonds is 9. The number of hydrogen-bond acceptors (Lipinski definition) is 15. The summed E-state index contributed by atoms with van der Waals surface area (Å²) in [5.74, 6) is -3.59. The molecule has 1 saturated carbocycles. The van der Waals surface area contributed by atoms with Gasteiger partial charge in [-0.25, -0.2) is 9.89 Å². The highest BCUT2D eigenvalue weighted by molar-refractivity contribution is 6.68. The van der Waals surface area contributed by atoms with Gasteiger partial charge in [0.15, 0.2) is 35.3 Å². The van der Waals surface area contributed by atoms with Crippen molar-refractivity contribution in [3.05, 3.63) is 100 Å². The number of nitrogens with zero attached hydrogens (tertiary/aromatic N) is 2. The van der Waals surface area contributed by atoms with Gasteiger partial charge in [-0.05, 0) is 43.9 Å². The third kappa shape index (κ3) is 6.66. The van der Waals surface area contributed by atoms with E-state index in [0.29, 0.717) is 48.1 Å². The van der Waals surface area contributed by atoms with Crippen molar-refractivity contribution in [3.8, 4) is 11.5 Å². The number of fused-ring (bicyclic) bond motifs is 7. The molecule has 1 spiro atoms. The minimum atomic E-state index is -2.50. The fourth-order valence-corrected chi connectivity index (χ4v) is 9.51. The molecule has 6 aliphatic rings. The average molecular weight is 851 g/mol. The molecule has 62 heavy (non-hydrogen) atoms. The molecule has 4 aliphatic heterocycles. The molecule has 322 valence electrons. The number of para-hydroxylation sites is 1. The minimum Gasteiger partial charge on any atom is -0.492 e. The number of guanidine groups is 1. The number of ether oxygens (including phenoxy) is 4. The summed E-state index contributed by atoms with van der Waals surface area (Å²) in [6, 6.07) is 14.8. The molecule has 18 nitrogen and oxygen atoms in total. The van der Waals surface area contributed by atoms with Crippen molar-refractivity contribution in [1.82, 2.24) is 5.32 Å². The van der Waals surface area contributed by atoms with E-state index < -0.39 is 84.9 Å². The number of aliphatic hydroxyl groups excluding tert-OH is 4. The summed E-state index contributed by atoms with van der Waals surface area (Å²) >= 11 is 0. The number of allylic oxidation sites excluding steroid dienone is 1. The topological polar surface area (TPSA) is 271 Å². The number of amidine groups is 1. The Morgan fingerprint density at radius 1 is 1.02 bits per heavy atom. The summed E-state index contributed by atoms with van der Waals surface area (Å²) in [5.41, 5.74) is -2.69. The SMILES string of the molecule is N=C1N=C2C(=NC[NH+]2c2ccccc2C2C=COC3(CCCC3)C3OC(Oc4c2cc2c(c4OCC(O)CC=O)C(=O)c4ccccc4C2=O)C(O)(CCO)C(O)C3O)C(=O)N1. The largest absolute Gasteiger partial charge is 0.492 e. The van der Waals surface area contributed by atoms with Gasteiger partial charge >= 0.3 is 0 Å². The Morgan fingerprint density at radius 3 is 2.48 bits per heavy atom. The van der Waals surface area contributed by atoms with Gasteiger partial charge in [-0.1, -0.05) is 42.5 Å². The Morgan fingerprint density at radius 2 is 1.74 bits per heavy atom. The maximum absolute atomic E-state index is 14.6. The van der Waals surface area contributed by atoms with E-state index in [-0.39, 0.29) is 69.9 Å². The van der Waals surface area contributed by atoms with E-state index in [1.807, 2.05) is 0 Å². The summed E-state index contributed by atoms with van der Waals surface area (Å²) in [7, 11) is 0. The molecule has 3 aromatic rings. The Balaban J connectivity index is 1.33. The number of hydrogen-bond donors (Lipinski definition) is 8. The molecule has 8 N–H and O–H groups in total. The quantitative estimate of drug-likeness (QED) is 0.104. The van der Waals surface area contributed by atoms with Gasteiger partial charge in [0.25, 0.3) is 11.7 Å². The number of quaternary nitrogens is 1. The number of carbonyl (C=O) groups excluding carboxylic acids is 4. The van der Waals surface area contributed by atoms with Gasteiger partial charge < -0.3 is 49.3 Å². The number of aliphatic hydroxyl groups is 5. The summed E-state index contributed by atoms with van der Waals surface area (Å²) < 4.78 is 26.2. The van der Waals surface area contributed by atoms with Crippen molar-refractivity contribution in [1.29, 1.82) is 5.41 Å². The Labute approximate surface area is 353 Å². The number of benzene rings is 3. The average Bonchev–Trinajstić information content (AvgIpc) is 3.92. The molecule has 0 aromatic heterocycles. The smallest absolute Gasteiger partial charge is 0.284 e. The number of carbonyl (C=O) groups is 4. The molecule has 0 radical (unpaired) electrons. The second-order valence-electron chi connectivity index (χ2n) is 16.2. The standard InChI is InChI=1S/C44H43N5O13/c45-42-47-39-31(40(57)48-42)46-21-49(39)29-10-4-3-7-24(29)23-12-18-60-43(13-5-6-14-43)38-34(55)37(56)44(58,15-17-51)41(62-38)61-35-27(23)19-28-30(36(35)59-20-22(52)11-16-50)33(54)26-9-2-1-8-25(26)32(28)53/h1-4,7-10,12,16,18-19,22-23,34,37-38,41,51-52,55-56,58H,5-6,11,13-15,17,20-21H2,(H2,45,48,57)/p+1. The van der Waals surface area contributed by atoms with Gasteiger partial charge in [-0.15, -0.1) is 0 Å². The van der Waals surface area contributed by atoms with Crippen LogP contribution in [0, 0.1) is 5.41 Å². The van der Waals surface area contributed by atoms with Crippen molar-refractivity contribution in [2.45, 2.75) is 86.4 Å². The lowest BCUT2D eigenvalue weighted by Gasteiger charge is -2.51. The third-order valence-corrected chi connectivity index (χ3v) is 12.6. The molecule has 18 heteroatoms. The number of amides is 1. The predicted octanol–water partition coefficient (Wildman–Crippen LogP) is 0.110. The molecule has 8 atom stereocenters. The van der Waals surface area contributed by atoms with Crippen LogP contribution >= 0.6 is 0 Å². The molecule has 1 saturated heterocycles. The first-order chi connectivity index (χ1) is 29.9. The van der Waals surface area contributed by atoms with Crippen LogP contribution in [0.3, 0.4) is 0 Å². The van der Waals surface area contributed by atoms with Gasteiger partial charge in [0, 0.05) is 53.2 Å². The van der Waals surface area contributed by atoms with Crippen molar-refractivity contribution < 1.29 is 68.6 Å². The van der Waals surface area contributed by atoms with Crippen molar-refractivity contribution in [2.24, 2.45) is 9.98 Å². The zero-order chi connectivity index (χ0) is 43.5. The Kier molecular flexibility index (Phi) is 10.7. The van der Waals surface area contributed by atoms with Crippen LogP contribution in [0.1, 0.15) is 87.4 Å². The number of aliphatic imine (C=N–C) groups is 2. The molecular formula is C44H44N5O13+. The highest BCUT2D eigenvalue weighted by Crippen LogP contribution is 2.51. The Hall–Kier alpha value is -5.99. The van der Waals surface area contributed by atoms with Crippen LogP contribution in [0.4, 0.5) is 5.69 Å². The minimum absolute atomic E-state index is 0.0176. The van der Waals surface area contributed by atoms with E-state index in [4.69, 9.17) is 24.4 Å². The number of aldehydes is 1. The Bertz CT molecular complexity index is 2480. The second-order valence-corrected chi connectivity index (χ2v) is 16.2. The van der Waals surface area contributed by atoms with Gasteiger partial charge in [-0.2, -0.15) is 4.99 Å². The van der Waals surface area contributed by atoms with Gasteiger partial charge in [0.05, 0.1) is 17.9 Å². The van der Waals surface area contributed by atoms with E-state index >= 15 is 0 Å². The molecular weight excluding hydrogens is 807 g/mol. The van der Waals surface area contributed by atoms with E-state index in [2.05, 4.69) is 15.3 Å². The maximum atomic E-state index is 14.6. The summed E-state index contributed by atoms with van der Waals surface area (Å²) in [4.78, 5) is 62.9. The fraction of sp³-hybridized carbons (Fsp3) is 0.386. The van der Waals surface area contributed by atoms with Gasteiger partial charge in [-0.3, -0.25) is 25.1 Å². The van der Waals surface area contributed by atoms with Crippen LogP contribution in [-0.2, 0) is 19.1 Å². The monoisotopic (exact) mass is 850 g/mol. The van der Waals surface area contributed by atoms with E-state index in [9.17, 15) is 44.7 Å². The maximum Gasteiger partial charge on any atom is 0.284 e. The highest BCUT2D eigenvalue weighted by Gasteiger charge is 2.62. The van der Waals surface area contributed by atoms with Crippen LogP contribution in [0.25, 0.3) is 0 Å². The summed E-state index contributed by atoms with van der Waals surface area (Å²) in [6.45, 7) is -1.24. The van der Waals surface area contributed by atoms with Crippen LogP contribution in [-0.4, -0.2) is 129 Å². The van der Waals surface area contributed by atoms with Gasteiger partial charge in [0.2, 0.25) is 18.0 Å². The summed E-state index contributed by atoms with van der Waals surface area (Å²) in [5, 5.41) is 67.4. The van der Waals surface area contributed by atoms with E-state index in [0.717, 1.165) is 0 Å². The molecule has 1 amide bonds. The van der Waals surface area contributed by atoms with Crippen LogP contribution in [0.15, 0.2) is 76.9 Å². The fourth-order valence-electron chi connectivity index (χ4n) is 9.51. The number of nitrogens with one attached hydrogen (secondary N) is 3. The molecule has 2 aliphatic carbocycles. The van der Waals surface area contributed by atoms with Crippen molar-refractivity contribution in [2.75, 3.05) is 19.9 Å². The van der Waals surface area contributed by atoms with Crippen LogP contribution in [0.5, 0.6) is 11.5 Å². The molecule has 9 rings (SSSR count). The first kappa shape index (κ1) is 41.4. The van der Waals surface area contributed by atoms with Crippen LogP contribution < -0.4 is 19.7 Å². The lowest BCUT2D eigenvalue weighted by molar-refractivity contribution is -0.723. The normalized spacial score (nSPS) is 28.8. The molecule has 8 unspecified atom stereocenters.